The summed E-state index contributed by atoms with van der Waals surface area (Å²) in [5.74, 6) is -0.837. The SMILES string of the molecule is O=C(Nc1cc(C(F)(F)F)ccc1Cl)c1cccc(N2C(=O)[C@@H]3[C@H]4C=C[C@@H]([C@@H]5C[C@@H]45)[C@@H]3C2=O)c1. The second-order valence-corrected chi connectivity index (χ2v) is 9.77. The molecule has 4 aliphatic carbocycles. The van der Waals surface area contributed by atoms with Crippen LogP contribution in [0.1, 0.15) is 22.3 Å². The van der Waals surface area contributed by atoms with E-state index in [9.17, 15) is 27.6 Å². The predicted octanol–water partition coefficient (Wildman–Crippen LogP) is 5.17. The van der Waals surface area contributed by atoms with Gasteiger partial charge in [0, 0.05) is 5.56 Å². The van der Waals surface area contributed by atoms with Crippen molar-refractivity contribution < 1.29 is 27.6 Å². The molecule has 1 saturated heterocycles. The summed E-state index contributed by atoms with van der Waals surface area (Å²) in [7, 11) is 0. The van der Waals surface area contributed by atoms with E-state index in [1.807, 2.05) is 0 Å². The summed E-state index contributed by atoms with van der Waals surface area (Å²) in [5, 5.41) is 2.35. The van der Waals surface area contributed by atoms with E-state index < -0.39 is 17.6 Å². The van der Waals surface area contributed by atoms with E-state index >= 15 is 0 Å². The number of nitrogens with one attached hydrogen (secondary N) is 1. The van der Waals surface area contributed by atoms with Gasteiger partial charge in [0.05, 0.1) is 33.8 Å². The van der Waals surface area contributed by atoms with Crippen molar-refractivity contribution in [3.63, 3.8) is 0 Å². The molecule has 174 valence electrons. The van der Waals surface area contributed by atoms with E-state index in [0.29, 0.717) is 11.8 Å². The third-order valence-electron chi connectivity index (χ3n) is 7.57. The van der Waals surface area contributed by atoms with Crippen LogP contribution in [-0.2, 0) is 15.8 Å². The Balaban J connectivity index is 1.27. The summed E-state index contributed by atoms with van der Waals surface area (Å²) in [6.45, 7) is 0. The van der Waals surface area contributed by atoms with Crippen LogP contribution >= 0.6 is 11.6 Å². The van der Waals surface area contributed by atoms with Gasteiger partial charge >= 0.3 is 6.18 Å². The molecule has 0 radical (unpaired) electrons. The summed E-state index contributed by atoms with van der Waals surface area (Å²) < 4.78 is 39.1. The number of anilines is 2. The maximum absolute atomic E-state index is 13.3. The molecule has 1 heterocycles. The van der Waals surface area contributed by atoms with Gasteiger partial charge in [0.1, 0.15) is 0 Å². The van der Waals surface area contributed by atoms with Crippen LogP contribution in [0.4, 0.5) is 24.5 Å². The zero-order chi connectivity index (χ0) is 23.9. The van der Waals surface area contributed by atoms with Crippen LogP contribution in [0.15, 0.2) is 54.6 Å². The molecule has 3 amide bonds. The molecule has 1 aliphatic heterocycles. The maximum atomic E-state index is 13.3. The zero-order valence-corrected chi connectivity index (χ0v) is 18.3. The number of amides is 3. The van der Waals surface area contributed by atoms with Crippen molar-refractivity contribution in [2.75, 3.05) is 10.2 Å². The largest absolute Gasteiger partial charge is 0.416 e. The lowest BCUT2D eigenvalue weighted by atomic mass is 9.63. The Bertz CT molecular complexity index is 1250. The minimum Gasteiger partial charge on any atom is -0.321 e. The maximum Gasteiger partial charge on any atom is 0.416 e. The number of alkyl halides is 3. The Labute approximate surface area is 197 Å². The van der Waals surface area contributed by atoms with Crippen LogP contribution in [-0.4, -0.2) is 17.7 Å². The van der Waals surface area contributed by atoms with Crippen LogP contribution in [0.25, 0.3) is 0 Å². The highest BCUT2D eigenvalue weighted by Crippen LogP contribution is 2.65. The van der Waals surface area contributed by atoms with E-state index in [1.165, 1.54) is 23.1 Å². The van der Waals surface area contributed by atoms with Crippen molar-refractivity contribution in [1.29, 1.82) is 0 Å². The van der Waals surface area contributed by atoms with Crippen molar-refractivity contribution in [3.8, 4) is 0 Å². The monoisotopic (exact) mass is 486 g/mol. The molecule has 5 nitrogen and oxygen atoms in total. The first-order valence-electron chi connectivity index (χ1n) is 11.0. The number of rotatable bonds is 3. The van der Waals surface area contributed by atoms with E-state index in [2.05, 4.69) is 17.5 Å². The Morgan fingerprint density at radius 1 is 0.971 bits per heavy atom. The van der Waals surface area contributed by atoms with Gasteiger partial charge in [0.2, 0.25) is 11.8 Å². The van der Waals surface area contributed by atoms with Crippen LogP contribution in [0.5, 0.6) is 0 Å². The highest BCUT2D eigenvalue weighted by atomic mass is 35.5. The first kappa shape index (κ1) is 21.4. The summed E-state index contributed by atoms with van der Waals surface area (Å²) in [6.07, 6.45) is 0.629. The molecule has 6 atom stereocenters. The lowest BCUT2D eigenvalue weighted by Gasteiger charge is -2.37. The fourth-order valence-corrected chi connectivity index (χ4v) is 6.15. The van der Waals surface area contributed by atoms with Gasteiger partial charge in [-0.3, -0.25) is 14.4 Å². The van der Waals surface area contributed by atoms with Crippen molar-refractivity contribution in [1.82, 2.24) is 0 Å². The zero-order valence-electron chi connectivity index (χ0n) is 17.6. The minimum atomic E-state index is -4.59. The summed E-state index contributed by atoms with van der Waals surface area (Å²) in [4.78, 5) is 40.6. The molecular formula is C25H18ClF3N2O3. The predicted molar refractivity (Wildman–Crippen MR) is 118 cm³/mol. The van der Waals surface area contributed by atoms with Gasteiger partial charge in [-0.25, -0.2) is 4.90 Å². The Morgan fingerprint density at radius 2 is 1.62 bits per heavy atom. The van der Waals surface area contributed by atoms with Gasteiger partial charge in [-0.2, -0.15) is 13.2 Å². The quantitative estimate of drug-likeness (QED) is 0.481. The lowest BCUT2D eigenvalue weighted by molar-refractivity contribution is -0.137. The van der Waals surface area contributed by atoms with Crippen LogP contribution in [0.2, 0.25) is 5.02 Å². The number of hydrogen-bond acceptors (Lipinski definition) is 3. The molecule has 5 aliphatic rings. The van der Waals surface area contributed by atoms with Crippen molar-refractivity contribution >= 4 is 40.7 Å². The highest BCUT2D eigenvalue weighted by molar-refractivity contribution is 6.34. The first-order valence-corrected chi connectivity index (χ1v) is 11.4. The smallest absolute Gasteiger partial charge is 0.321 e. The van der Waals surface area contributed by atoms with Gasteiger partial charge in [-0.15, -0.1) is 0 Å². The molecular weight excluding hydrogens is 469 g/mol. The lowest BCUT2D eigenvalue weighted by Crippen LogP contribution is -2.40. The third kappa shape index (κ3) is 3.11. The second-order valence-electron chi connectivity index (χ2n) is 9.36. The highest BCUT2D eigenvalue weighted by Gasteiger charge is 2.67. The van der Waals surface area contributed by atoms with Crippen molar-refractivity contribution in [3.05, 3.63) is 70.8 Å². The molecule has 0 aromatic heterocycles. The molecule has 3 fully saturated rings. The topological polar surface area (TPSA) is 66.5 Å². The van der Waals surface area contributed by atoms with Gasteiger partial charge < -0.3 is 5.32 Å². The summed E-state index contributed by atoms with van der Waals surface area (Å²) >= 11 is 5.98. The van der Waals surface area contributed by atoms with Crippen LogP contribution < -0.4 is 10.2 Å². The number of nitrogens with zero attached hydrogens (tertiary/aromatic N) is 1. The average Bonchev–Trinajstić information content (AvgIpc) is 3.58. The minimum absolute atomic E-state index is 0.0481. The van der Waals surface area contributed by atoms with Crippen LogP contribution in [0.3, 0.4) is 0 Å². The number of halogens is 4. The standard InChI is InChI=1S/C25H18ClF3N2O3/c26-18-7-4-12(25(27,28)29)9-19(18)30-22(32)11-2-1-3-13(8-11)31-23(33)20-14-5-6-15(17-10-16(14)17)21(20)24(31)34/h1-9,14-17,20-21H,10H2,(H,30,32)/t14-,15-,16-,17-,20-,21+/m0/s1. The van der Waals surface area contributed by atoms with Gasteiger partial charge in [0.15, 0.2) is 0 Å². The molecule has 2 aromatic rings. The van der Waals surface area contributed by atoms with Gasteiger partial charge in [-0.05, 0) is 66.5 Å². The number of benzene rings is 2. The fraction of sp³-hybridized carbons (Fsp3) is 0.320. The molecule has 7 rings (SSSR count). The van der Waals surface area contributed by atoms with E-state index in [-0.39, 0.29) is 57.4 Å². The fourth-order valence-electron chi connectivity index (χ4n) is 5.99. The first-order chi connectivity index (χ1) is 16.1. The molecule has 0 unspecified atom stereocenters. The number of imide groups is 1. The number of carbonyl (C=O) groups is 3. The van der Waals surface area contributed by atoms with Gasteiger partial charge in [-0.1, -0.05) is 29.8 Å². The number of hydrogen-bond donors (Lipinski definition) is 1. The van der Waals surface area contributed by atoms with E-state index in [0.717, 1.165) is 24.6 Å². The Morgan fingerprint density at radius 3 is 2.24 bits per heavy atom. The molecule has 0 spiro atoms. The molecule has 34 heavy (non-hydrogen) atoms. The van der Waals surface area contributed by atoms with E-state index in [4.69, 9.17) is 11.6 Å². The summed E-state index contributed by atoms with van der Waals surface area (Å²) in [5.41, 5.74) is -0.767. The van der Waals surface area contributed by atoms with Crippen LogP contribution in [0, 0.1) is 35.5 Å². The third-order valence-corrected chi connectivity index (χ3v) is 7.90. The molecule has 2 aromatic carbocycles. The van der Waals surface area contributed by atoms with Gasteiger partial charge in [0.25, 0.3) is 5.91 Å². The Hall–Kier alpha value is -3.13. The normalized spacial score (nSPS) is 30.9. The Kier molecular flexibility index (Phi) is 4.52. The molecule has 1 N–H and O–H groups in total. The molecule has 2 bridgehead atoms. The number of allylic oxidation sites excluding steroid dienone is 2. The second kappa shape index (κ2) is 7.18. The van der Waals surface area contributed by atoms with Crippen molar-refractivity contribution in [2.24, 2.45) is 35.5 Å². The average molecular weight is 487 g/mol. The van der Waals surface area contributed by atoms with Crippen molar-refractivity contribution in [2.45, 2.75) is 12.6 Å². The number of carbonyl (C=O) groups excluding carboxylic acids is 3. The molecule has 2 saturated carbocycles. The molecule has 9 heteroatoms. The summed E-state index contributed by atoms with van der Waals surface area (Å²) in [6, 6.07) is 8.62. The van der Waals surface area contributed by atoms with E-state index in [1.54, 1.807) is 6.07 Å².